The van der Waals surface area contributed by atoms with Crippen molar-refractivity contribution >= 4 is 11.4 Å². The fraction of sp³-hybridized carbons (Fsp3) is 0. The Kier molecular flexibility index (Phi) is 3.69. The van der Waals surface area contributed by atoms with E-state index >= 15 is 0 Å². The van der Waals surface area contributed by atoms with Crippen LogP contribution in [0.5, 0.6) is 0 Å². The fourth-order valence-electron chi connectivity index (χ4n) is 2.60. The molecule has 0 bridgehead atoms. The zero-order valence-electron chi connectivity index (χ0n) is 12.8. The predicted octanol–water partition coefficient (Wildman–Crippen LogP) is 2.79. The van der Waals surface area contributed by atoms with Crippen molar-refractivity contribution in [2.45, 2.75) is 0 Å². The minimum Gasteiger partial charge on any atom is -0.218 e. The third-order valence-electron chi connectivity index (χ3n) is 3.62. The Bertz CT molecular complexity index is 846. The molecule has 0 fully saturated rings. The Labute approximate surface area is 138 Å². The first kappa shape index (κ1) is 14.1. The van der Waals surface area contributed by atoms with E-state index in [-0.39, 0.29) is 0 Å². The molecule has 6 heteroatoms. The van der Waals surface area contributed by atoms with Gasteiger partial charge in [-0.25, -0.2) is 9.36 Å². The monoisotopic (exact) mass is 314 g/mol. The second-order valence-corrected chi connectivity index (χ2v) is 5.12. The SMILES string of the molecule is c1ccc(C(=C(c2ccccc2)n2ccnn2)n2ccnn2)cc1. The number of benzene rings is 2. The molecule has 0 saturated heterocycles. The fourth-order valence-corrected chi connectivity index (χ4v) is 2.60. The molecule has 0 aliphatic rings. The largest absolute Gasteiger partial charge is 0.218 e. The van der Waals surface area contributed by atoms with Crippen molar-refractivity contribution in [3.63, 3.8) is 0 Å². The van der Waals surface area contributed by atoms with Gasteiger partial charge in [0.2, 0.25) is 0 Å². The summed E-state index contributed by atoms with van der Waals surface area (Å²) in [5.41, 5.74) is 3.78. The molecule has 6 nitrogen and oxygen atoms in total. The summed E-state index contributed by atoms with van der Waals surface area (Å²) >= 11 is 0. The summed E-state index contributed by atoms with van der Waals surface area (Å²) in [6.45, 7) is 0. The first-order valence-corrected chi connectivity index (χ1v) is 7.52. The summed E-state index contributed by atoms with van der Waals surface area (Å²) in [6, 6.07) is 20.1. The highest BCUT2D eigenvalue weighted by atomic mass is 15.4. The molecular weight excluding hydrogens is 300 g/mol. The molecule has 0 unspecified atom stereocenters. The molecule has 0 aliphatic carbocycles. The Morgan fingerprint density at radius 1 is 0.583 bits per heavy atom. The quantitative estimate of drug-likeness (QED) is 0.543. The molecule has 0 spiro atoms. The minimum absolute atomic E-state index is 0.879. The van der Waals surface area contributed by atoms with Gasteiger partial charge in [0.05, 0.1) is 36.2 Å². The van der Waals surface area contributed by atoms with Crippen LogP contribution in [0.2, 0.25) is 0 Å². The lowest BCUT2D eigenvalue weighted by Crippen LogP contribution is -2.10. The molecule has 4 aromatic rings. The molecule has 0 amide bonds. The zero-order valence-corrected chi connectivity index (χ0v) is 12.8. The lowest BCUT2D eigenvalue weighted by molar-refractivity contribution is 0.791. The van der Waals surface area contributed by atoms with E-state index in [1.54, 1.807) is 21.8 Å². The van der Waals surface area contributed by atoms with Gasteiger partial charge in [-0.05, 0) is 0 Å². The number of hydrogen-bond donors (Lipinski definition) is 0. The van der Waals surface area contributed by atoms with E-state index < -0.39 is 0 Å². The van der Waals surface area contributed by atoms with Gasteiger partial charge in [0, 0.05) is 11.1 Å². The highest BCUT2D eigenvalue weighted by Crippen LogP contribution is 2.28. The molecule has 0 aliphatic heterocycles. The van der Waals surface area contributed by atoms with Crippen molar-refractivity contribution in [3.8, 4) is 0 Å². The van der Waals surface area contributed by atoms with E-state index in [1.807, 2.05) is 73.1 Å². The molecule has 24 heavy (non-hydrogen) atoms. The van der Waals surface area contributed by atoms with Crippen LogP contribution in [-0.4, -0.2) is 30.0 Å². The Morgan fingerprint density at radius 3 is 1.33 bits per heavy atom. The minimum atomic E-state index is 0.879. The second kappa shape index (κ2) is 6.29. The molecular formula is C18H14N6. The van der Waals surface area contributed by atoms with Gasteiger partial charge in [0.25, 0.3) is 0 Å². The average molecular weight is 314 g/mol. The van der Waals surface area contributed by atoms with Gasteiger partial charge in [-0.3, -0.25) is 0 Å². The topological polar surface area (TPSA) is 61.4 Å². The normalized spacial score (nSPS) is 12.0. The van der Waals surface area contributed by atoms with Gasteiger partial charge in [0.15, 0.2) is 0 Å². The van der Waals surface area contributed by atoms with Crippen LogP contribution in [-0.2, 0) is 0 Å². The maximum atomic E-state index is 4.20. The van der Waals surface area contributed by atoms with Crippen LogP contribution in [0.4, 0.5) is 0 Å². The standard InChI is InChI=1S/C18H14N6/c1-3-7-15(8-4-1)17(23-13-11-19-21-23)18(24-14-12-20-22-24)16-9-5-2-6-10-16/h1-14H. The number of aromatic nitrogens is 6. The summed E-state index contributed by atoms with van der Waals surface area (Å²) in [5, 5.41) is 16.3. The maximum absolute atomic E-state index is 4.20. The highest BCUT2D eigenvalue weighted by molar-refractivity contribution is 5.90. The smallest absolute Gasteiger partial charge is 0.0999 e. The average Bonchev–Trinajstić information content (AvgIpc) is 3.35. The van der Waals surface area contributed by atoms with Gasteiger partial charge < -0.3 is 0 Å². The van der Waals surface area contributed by atoms with Crippen LogP contribution < -0.4 is 0 Å². The number of nitrogens with zero attached hydrogens (tertiary/aromatic N) is 6. The van der Waals surface area contributed by atoms with Crippen molar-refractivity contribution in [1.82, 2.24) is 30.0 Å². The molecule has 2 heterocycles. The first-order valence-electron chi connectivity index (χ1n) is 7.52. The summed E-state index contributed by atoms with van der Waals surface area (Å²) in [6.07, 6.45) is 6.96. The third-order valence-corrected chi connectivity index (χ3v) is 3.62. The van der Waals surface area contributed by atoms with Gasteiger partial charge in [-0.15, -0.1) is 10.2 Å². The van der Waals surface area contributed by atoms with E-state index in [0.29, 0.717) is 0 Å². The van der Waals surface area contributed by atoms with Crippen LogP contribution in [0.3, 0.4) is 0 Å². The van der Waals surface area contributed by atoms with E-state index in [4.69, 9.17) is 0 Å². The summed E-state index contributed by atoms with van der Waals surface area (Å²) < 4.78 is 3.50. The number of rotatable bonds is 4. The molecule has 116 valence electrons. The lowest BCUT2D eigenvalue weighted by atomic mass is 10.0. The molecule has 0 radical (unpaired) electrons. The lowest BCUT2D eigenvalue weighted by Gasteiger charge is -2.15. The maximum Gasteiger partial charge on any atom is 0.0999 e. The van der Waals surface area contributed by atoms with E-state index in [1.165, 1.54) is 0 Å². The van der Waals surface area contributed by atoms with E-state index in [0.717, 1.165) is 22.5 Å². The molecule has 4 rings (SSSR count). The van der Waals surface area contributed by atoms with Crippen LogP contribution in [0.1, 0.15) is 11.1 Å². The highest BCUT2D eigenvalue weighted by Gasteiger charge is 2.17. The molecule has 0 N–H and O–H groups in total. The second-order valence-electron chi connectivity index (χ2n) is 5.12. The van der Waals surface area contributed by atoms with Gasteiger partial charge in [0.1, 0.15) is 0 Å². The van der Waals surface area contributed by atoms with Crippen molar-refractivity contribution in [2.75, 3.05) is 0 Å². The van der Waals surface area contributed by atoms with E-state index in [9.17, 15) is 0 Å². The first-order chi connectivity index (χ1) is 11.9. The van der Waals surface area contributed by atoms with Gasteiger partial charge in [-0.2, -0.15) is 0 Å². The Balaban J connectivity index is 2.07. The van der Waals surface area contributed by atoms with Crippen molar-refractivity contribution in [3.05, 3.63) is 96.6 Å². The zero-order chi connectivity index (χ0) is 16.2. The van der Waals surface area contributed by atoms with E-state index in [2.05, 4.69) is 20.6 Å². The van der Waals surface area contributed by atoms with Gasteiger partial charge >= 0.3 is 0 Å². The summed E-state index contributed by atoms with van der Waals surface area (Å²) in [4.78, 5) is 0. The van der Waals surface area contributed by atoms with Crippen LogP contribution >= 0.6 is 0 Å². The van der Waals surface area contributed by atoms with Crippen molar-refractivity contribution in [2.24, 2.45) is 0 Å². The summed E-state index contributed by atoms with van der Waals surface area (Å²) in [7, 11) is 0. The van der Waals surface area contributed by atoms with Crippen LogP contribution in [0, 0.1) is 0 Å². The van der Waals surface area contributed by atoms with Crippen molar-refractivity contribution in [1.29, 1.82) is 0 Å². The molecule has 2 aromatic heterocycles. The number of hydrogen-bond acceptors (Lipinski definition) is 4. The third kappa shape index (κ3) is 2.61. The molecule has 0 saturated carbocycles. The predicted molar refractivity (Wildman–Crippen MR) is 90.5 cm³/mol. The molecule has 2 aromatic carbocycles. The summed E-state index contributed by atoms with van der Waals surface area (Å²) in [5.74, 6) is 0. The van der Waals surface area contributed by atoms with Gasteiger partial charge in [-0.1, -0.05) is 71.1 Å². The molecule has 0 atom stereocenters. The Morgan fingerprint density at radius 2 is 1.00 bits per heavy atom. The van der Waals surface area contributed by atoms with Crippen molar-refractivity contribution < 1.29 is 0 Å². The van der Waals surface area contributed by atoms with Crippen LogP contribution in [0.25, 0.3) is 11.4 Å². The van der Waals surface area contributed by atoms with Crippen LogP contribution in [0.15, 0.2) is 85.5 Å². The Hall–Kier alpha value is -3.54.